The first-order chi connectivity index (χ1) is 17.2. The largest absolute Gasteiger partial charge is 1.00 e. The fraction of sp³-hybridized carbons (Fsp3) is 0.231. The predicted molar refractivity (Wildman–Crippen MR) is 126 cm³/mol. The minimum atomic E-state index is -1.90. The fourth-order valence-corrected chi connectivity index (χ4v) is 4.55. The van der Waals surface area contributed by atoms with Crippen molar-refractivity contribution in [1.29, 1.82) is 0 Å². The van der Waals surface area contributed by atoms with Gasteiger partial charge in [-0.15, -0.1) is 0 Å². The van der Waals surface area contributed by atoms with Crippen LogP contribution in [0.15, 0.2) is 72.8 Å². The van der Waals surface area contributed by atoms with E-state index in [-0.39, 0.29) is 52.0 Å². The summed E-state index contributed by atoms with van der Waals surface area (Å²) in [5, 5.41) is 51.0. The summed E-state index contributed by atoms with van der Waals surface area (Å²) in [6.45, 7) is 0. The van der Waals surface area contributed by atoms with E-state index in [1.807, 2.05) is 0 Å². The van der Waals surface area contributed by atoms with Gasteiger partial charge in [0, 0.05) is 16.7 Å². The van der Waals surface area contributed by atoms with Crippen LogP contribution in [0.5, 0.6) is 11.5 Å². The van der Waals surface area contributed by atoms with Crippen molar-refractivity contribution in [3.8, 4) is 11.5 Å². The summed E-state index contributed by atoms with van der Waals surface area (Å²) in [5.74, 6) is -2.10. The maximum absolute atomic E-state index is 12.8. The van der Waals surface area contributed by atoms with Gasteiger partial charge in [-0.2, -0.15) is 0 Å². The van der Waals surface area contributed by atoms with Gasteiger partial charge in [-0.3, -0.25) is 0 Å². The van der Waals surface area contributed by atoms with Crippen LogP contribution in [-0.4, -0.2) is 74.0 Å². The number of benzene rings is 3. The number of carbonyl (C=O) groups is 2. The molecule has 0 amide bonds. The molecule has 39 heavy (non-hydrogen) atoms. The second-order valence-electron chi connectivity index (χ2n) is 8.52. The summed E-state index contributed by atoms with van der Waals surface area (Å²) in [6, 6.07) is 19.4. The van der Waals surface area contributed by atoms with Gasteiger partial charge in [0.15, 0.2) is 5.60 Å². The number of rotatable bonds is 5. The van der Waals surface area contributed by atoms with Gasteiger partial charge in [0.05, 0.1) is 11.5 Å². The summed E-state index contributed by atoms with van der Waals surface area (Å²) in [6.07, 6.45) is -8.97. The molecule has 8 N–H and O–H groups in total. The summed E-state index contributed by atoms with van der Waals surface area (Å²) in [5.41, 5.74) is 0.820. The quantitative estimate of drug-likeness (QED) is 0.174. The molecule has 0 spiro atoms. The minimum Gasteiger partial charge on any atom is -0.547 e. The van der Waals surface area contributed by atoms with E-state index in [2.05, 4.69) is 0 Å². The van der Waals surface area contributed by atoms with E-state index in [0.717, 1.165) is 0 Å². The number of phenols is 1. The Morgan fingerprint density at radius 2 is 1.41 bits per heavy atom. The average molecular weight is 552 g/mol. The molecule has 3 aromatic carbocycles. The second kappa shape index (κ2) is 12.4. The van der Waals surface area contributed by atoms with Crippen molar-refractivity contribution in [3.05, 3.63) is 95.1 Å². The number of esters is 1. The van der Waals surface area contributed by atoms with Crippen molar-refractivity contribution in [3.63, 3.8) is 0 Å². The van der Waals surface area contributed by atoms with Crippen molar-refractivity contribution in [2.24, 2.45) is 0 Å². The number of carbonyl (C=O) groups excluding carboxylic acids is 2. The van der Waals surface area contributed by atoms with Crippen molar-refractivity contribution >= 4 is 11.9 Å². The summed E-state index contributed by atoms with van der Waals surface area (Å²) < 4.78 is 16.6. The van der Waals surface area contributed by atoms with Crippen molar-refractivity contribution in [1.82, 2.24) is 0 Å². The van der Waals surface area contributed by atoms with Gasteiger partial charge in [0.25, 0.3) is 0 Å². The van der Waals surface area contributed by atoms with E-state index in [1.54, 1.807) is 48.5 Å². The minimum absolute atomic E-state index is 0. The van der Waals surface area contributed by atoms with Gasteiger partial charge >= 0.3 is 35.5 Å². The molecular formula is C26H25NaO12. The molecule has 0 aliphatic carbocycles. The normalized spacial score (nSPS) is 27.1. The van der Waals surface area contributed by atoms with E-state index in [0.29, 0.717) is 22.3 Å². The Morgan fingerprint density at radius 1 is 0.846 bits per heavy atom. The number of fused-ring (bicyclic) bond motifs is 1. The van der Waals surface area contributed by atoms with Gasteiger partial charge in [0.1, 0.15) is 35.9 Å². The van der Waals surface area contributed by atoms with Crippen LogP contribution in [0.2, 0.25) is 0 Å². The number of aliphatic hydroxyl groups is 3. The molecule has 0 saturated carbocycles. The fourth-order valence-electron chi connectivity index (χ4n) is 4.55. The molecule has 0 bridgehead atoms. The van der Waals surface area contributed by atoms with Crippen LogP contribution in [0.4, 0.5) is 0 Å². The number of aliphatic carboxylic acids is 1. The van der Waals surface area contributed by atoms with Crippen LogP contribution >= 0.6 is 0 Å². The number of hydrogen-bond donors (Lipinski definition) is 4. The van der Waals surface area contributed by atoms with Crippen LogP contribution in [0.1, 0.15) is 27.0 Å². The van der Waals surface area contributed by atoms with Crippen LogP contribution in [0.25, 0.3) is 0 Å². The number of hydrogen-bond acceptors (Lipinski definition) is 10. The molecule has 2 aliphatic rings. The molecular weight excluding hydrogens is 527 g/mol. The number of cyclic esters (lactones) is 1. The van der Waals surface area contributed by atoms with Crippen molar-refractivity contribution in [2.45, 2.75) is 36.3 Å². The smallest absolute Gasteiger partial charge is 0.547 e. The first-order valence-corrected chi connectivity index (χ1v) is 11.0. The van der Waals surface area contributed by atoms with Gasteiger partial charge in [-0.05, 0) is 30.3 Å². The first-order valence-electron chi connectivity index (χ1n) is 11.0. The van der Waals surface area contributed by atoms with Crippen LogP contribution in [0, 0.1) is 0 Å². The third kappa shape index (κ3) is 5.52. The van der Waals surface area contributed by atoms with E-state index in [4.69, 9.17) is 14.2 Å². The number of carboxylic acids is 1. The topological polar surface area (TPSA) is 229 Å². The zero-order valence-corrected chi connectivity index (χ0v) is 22.6. The molecule has 1 fully saturated rings. The van der Waals surface area contributed by atoms with Crippen molar-refractivity contribution in [2.75, 3.05) is 0 Å². The third-order valence-corrected chi connectivity index (χ3v) is 6.36. The third-order valence-electron chi connectivity index (χ3n) is 6.36. The van der Waals surface area contributed by atoms with Crippen LogP contribution in [-0.2, 0) is 19.9 Å². The Balaban J connectivity index is 0.00000178. The number of aromatic hydroxyl groups is 1. The van der Waals surface area contributed by atoms with Crippen molar-refractivity contribution < 1.29 is 89.8 Å². The van der Waals surface area contributed by atoms with Crippen LogP contribution in [0.3, 0.4) is 0 Å². The van der Waals surface area contributed by atoms with Gasteiger partial charge in [-0.25, -0.2) is 4.79 Å². The second-order valence-corrected chi connectivity index (χ2v) is 8.52. The predicted octanol–water partition coefficient (Wildman–Crippen LogP) is -4.85. The number of carboxylic acid groups (broad SMARTS) is 1. The molecule has 1 saturated heterocycles. The standard InChI is InChI=1S/C26H22O10.Na.2H2O/c27-15-9-5-13(6-10-15)26(18-4-2-1-3-17(18)24(33)36-26)14-7-11-16(12-8-14)34-25-21(30)19(28)20(29)22(35-25)23(31)32;;;/h1-12,19-22,25,27-30H,(H,31,32);;2*1H2/q;+1;;/p-1/t19-,20-,21+,22-,25+,26?;;;/m0.../s1. The van der Waals surface area contributed by atoms with E-state index < -0.39 is 48.2 Å². The van der Waals surface area contributed by atoms with E-state index in [1.165, 1.54) is 24.3 Å². The summed E-state index contributed by atoms with van der Waals surface area (Å²) in [4.78, 5) is 24.0. The zero-order chi connectivity index (χ0) is 25.6. The Bertz CT molecular complexity index is 1300. The monoisotopic (exact) mass is 552 g/mol. The van der Waals surface area contributed by atoms with E-state index in [9.17, 15) is 35.1 Å². The average Bonchev–Trinajstić information content (AvgIpc) is 3.18. The SMILES string of the molecule is O.O.O=C1OC(c2ccc(O)cc2)(c2ccc(O[C@@H]3O[C@H](C(=O)[O-])[C@@H](O)[C@H](O)[C@H]3O)cc2)c2ccccc21.[Na+]. The molecule has 2 aliphatic heterocycles. The molecule has 2 heterocycles. The first kappa shape index (κ1) is 32.2. The molecule has 6 atom stereocenters. The molecule has 5 rings (SSSR count). The Morgan fingerprint density at radius 3 is 2.00 bits per heavy atom. The summed E-state index contributed by atoms with van der Waals surface area (Å²) in [7, 11) is 0. The Hall–Kier alpha value is -3.04. The Labute approximate surface area is 243 Å². The number of ether oxygens (including phenoxy) is 3. The zero-order valence-electron chi connectivity index (χ0n) is 20.6. The molecule has 0 aromatic heterocycles. The molecule has 1 unspecified atom stereocenters. The number of phenolic OH excluding ortho intramolecular Hbond substituents is 1. The molecule has 3 aromatic rings. The molecule has 202 valence electrons. The van der Waals surface area contributed by atoms with E-state index >= 15 is 0 Å². The summed E-state index contributed by atoms with van der Waals surface area (Å²) >= 11 is 0. The maximum Gasteiger partial charge on any atom is 1.00 e. The van der Waals surface area contributed by atoms with Gasteiger partial charge < -0.3 is 55.5 Å². The molecule has 12 nitrogen and oxygen atoms in total. The maximum atomic E-state index is 12.8. The Kier molecular flexibility index (Phi) is 10.3. The molecule has 13 heteroatoms. The van der Waals surface area contributed by atoms with Gasteiger partial charge in [-0.1, -0.05) is 42.5 Å². The van der Waals surface area contributed by atoms with Crippen LogP contribution < -0.4 is 39.4 Å². The molecule has 0 radical (unpaired) electrons. The van der Waals surface area contributed by atoms with Gasteiger partial charge in [0.2, 0.25) is 6.29 Å². The number of aliphatic hydroxyl groups excluding tert-OH is 3.